The average molecular weight is 366 g/mol. The van der Waals surface area contributed by atoms with Gasteiger partial charge in [-0.15, -0.1) is 12.6 Å². The number of hydrogen-bond acceptors (Lipinski definition) is 6. The van der Waals surface area contributed by atoms with Gasteiger partial charge in [-0.2, -0.15) is 0 Å². The second-order valence-corrected chi connectivity index (χ2v) is 7.57. The van der Waals surface area contributed by atoms with Crippen molar-refractivity contribution in [2.24, 2.45) is 0 Å². The first kappa shape index (κ1) is 19.4. The van der Waals surface area contributed by atoms with Gasteiger partial charge in [-0.05, 0) is 45.4 Å². The van der Waals surface area contributed by atoms with Crippen molar-refractivity contribution in [3.8, 4) is 0 Å². The first-order valence-electron chi connectivity index (χ1n) is 8.27. The van der Waals surface area contributed by atoms with E-state index in [0.29, 0.717) is 31.7 Å². The van der Waals surface area contributed by atoms with E-state index in [4.69, 9.17) is 9.47 Å². The largest absolute Gasteiger partial charge is 0.465 e. The Bertz CT molecular complexity index is 662. The van der Waals surface area contributed by atoms with Crippen LogP contribution in [0.25, 0.3) is 0 Å². The number of hydrogen-bond donors (Lipinski definition) is 1. The smallest absolute Gasteiger partial charge is 0.410 e. The number of carbonyl (C=O) groups excluding carboxylic acids is 2. The van der Waals surface area contributed by atoms with E-state index in [1.807, 2.05) is 39.8 Å². The number of piperazine rings is 1. The molecular formula is C18H26N2O4S. The maximum absolute atomic E-state index is 12.1. The normalized spacial score (nSPS) is 15.1. The van der Waals surface area contributed by atoms with Crippen LogP contribution >= 0.6 is 12.6 Å². The fourth-order valence-corrected chi connectivity index (χ4v) is 2.92. The third-order valence-corrected chi connectivity index (χ3v) is 4.53. The van der Waals surface area contributed by atoms with Gasteiger partial charge in [0.05, 0.1) is 12.7 Å². The van der Waals surface area contributed by atoms with Crippen LogP contribution in [0.2, 0.25) is 0 Å². The minimum atomic E-state index is -0.498. The van der Waals surface area contributed by atoms with E-state index in [1.54, 1.807) is 4.90 Å². The number of anilines is 1. The summed E-state index contributed by atoms with van der Waals surface area (Å²) in [4.78, 5) is 28.7. The predicted octanol–water partition coefficient (Wildman–Crippen LogP) is 3.13. The Kier molecular flexibility index (Phi) is 5.87. The number of esters is 1. The molecule has 1 fully saturated rings. The maximum Gasteiger partial charge on any atom is 0.410 e. The molecule has 1 aliphatic heterocycles. The van der Waals surface area contributed by atoms with Crippen molar-refractivity contribution in [3.05, 3.63) is 23.3 Å². The molecule has 2 rings (SSSR count). The molecule has 138 valence electrons. The highest BCUT2D eigenvalue weighted by Gasteiger charge is 2.26. The Labute approximate surface area is 154 Å². The Morgan fingerprint density at radius 2 is 1.72 bits per heavy atom. The Morgan fingerprint density at radius 3 is 2.24 bits per heavy atom. The fourth-order valence-electron chi connectivity index (χ4n) is 2.66. The van der Waals surface area contributed by atoms with Crippen LogP contribution < -0.4 is 4.90 Å². The molecule has 1 saturated heterocycles. The van der Waals surface area contributed by atoms with Crippen LogP contribution in [0.1, 0.15) is 36.7 Å². The van der Waals surface area contributed by atoms with Gasteiger partial charge < -0.3 is 19.3 Å². The van der Waals surface area contributed by atoms with E-state index in [9.17, 15) is 9.59 Å². The van der Waals surface area contributed by atoms with Crippen molar-refractivity contribution in [2.75, 3.05) is 38.2 Å². The highest BCUT2D eigenvalue weighted by atomic mass is 32.1. The van der Waals surface area contributed by atoms with Gasteiger partial charge in [-0.25, -0.2) is 9.59 Å². The molecule has 1 aromatic carbocycles. The topological polar surface area (TPSA) is 59.1 Å². The lowest BCUT2D eigenvalue weighted by Crippen LogP contribution is -2.50. The van der Waals surface area contributed by atoms with Gasteiger partial charge in [0.15, 0.2) is 0 Å². The lowest BCUT2D eigenvalue weighted by molar-refractivity contribution is 0.0240. The molecule has 0 aromatic heterocycles. The van der Waals surface area contributed by atoms with Gasteiger partial charge in [0.2, 0.25) is 0 Å². The summed E-state index contributed by atoms with van der Waals surface area (Å²) in [5.74, 6) is -0.373. The minimum absolute atomic E-state index is 0.291. The Hall–Kier alpha value is -1.89. The van der Waals surface area contributed by atoms with Crippen molar-refractivity contribution in [1.29, 1.82) is 0 Å². The minimum Gasteiger partial charge on any atom is -0.465 e. The number of rotatable bonds is 2. The molecule has 6 nitrogen and oxygen atoms in total. The Balaban J connectivity index is 2.09. The van der Waals surface area contributed by atoms with Crippen molar-refractivity contribution in [1.82, 2.24) is 4.90 Å². The fraction of sp³-hybridized carbons (Fsp3) is 0.556. The first-order chi connectivity index (χ1) is 11.6. The van der Waals surface area contributed by atoms with Crippen LogP contribution in [0.15, 0.2) is 17.0 Å². The van der Waals surface area contributed by atoms with Crippen molar-refractivity contribution in [2.45, 2.75) is 38.2 Å². The highest BCUT2D eigenvalue weighted by Crippen LogP contribution is 2.27. The second kappa shape index (κ2) is 7.56. The summed E-state index contributed by atoms with van der Waals surface area (Å²) in [5.41, 5.74) is 1.72. The number of thiol groups is 1. The molecule has 0 bridgehead atoms. The van der Waals surface area contributed by atoms with E-state index in [1.165, 1.54) is 7.11 Å². The maximum atomic E-state index is 12.1. The SMILES string of the molecule is COC(=O)c1cc(N2CCN(C(=O)OC(C)(C)C)CC2)cc(S)c1C. The van der Waals surface area contributed by atoms with Gasteiger partial charge in [0, 0.05) is 36.8 Å². The summed E-state index contributed by atoms with van der Waals surface area (Å²) in [6.45, 7) is 9.88. The number of carbonyl (C=O) groups is 2. The van der Waals surface area contributed by atoms with E-state index in [0.717, 1.165) is 16.1 Å². The third kappa shape index (κ3) is 4.81. The zero-order valence-electron chi connectivity index (χ0n) is 15.5. The van der Waals surface area contributed by atoms with E-state index in [-0.39, 0.29) is 12.1 Å². The van der Waals surface area contributed by atoms with Crippen molar-refractivity contribution < 1.29 is 19.1 Å². The first-order valence-corrected chi connectivity index (χ1v) is 8.72. The third-order valence-electron chi connectivity index (χ3n) is 4.07. The van der Waals surface area contributed by atoms with Gasteiger partial charge in [0.25, 0.3) is 0 Å². The molecule has 1 aromatic rings. The summed E-state index contributed by atoms with van der Waals surface area (Å²) < 4.78 is 10.3. The molecule has 0 N–H and O–H groups in total. The van der Waals surface area contributed by atoms with Gasteiger partial charge in [0.1, 0.15) is 5.60 Å². The standard InChI is InChI=1S/C18H26N2O4S/c1-12-14(16(21)23-5)10-13(11-15(12)25)19-6-8-20(9-7-19)17(22)24-18(2,3)4/h10-11,25H,6-9H2,1-5H3. The molecule has 25 heavy (non-hydrogen) atoms. The molecule has 0 spiro atoms. The lowest BCUT2D eigenvalue weighted by Gasteiger charge is -2.37. The van der Waals surface area contributed by atoms with Crippen LogP contribution in [-0.2, 0) is 9.47 Å². The Morgan fingerprint density at radius 1 is 1.12 bits per heavy atom. The van der Waals surface area contributed by atoms with Crippen LogP contribution in [-0.4, -0.2) is 55.9 Å². The van der Waals surface area contributed by atoms with Crippen LogP contribution in [0.4, 0.5) is 10.5 Å². The molecule has 1 amide bonds. The quantitative estimate of drug-likeness (QED) is 0.644. The van der Waals surface area contributed by atoms with Gasteiger partial charge in [-0.1, -0.05) is 0 Å². The van der Waals surface area contributed by atoms with Crippen LogP contribution in [0, 0.1) is 6.92 Å². The summed E-state index contributed by atoms with van der Waals surface area (Å²) in [6.07, 6.45) is -0.291. The van der Waals surface area contributed by atoms with Gasteiger partial charge >= 0.3 is 12.1 Å². The number of amides is 1. The lowest BCUT2D eigenvalue weighted by atomic mass is 10.1. The number of ether oxygens (including phenoxy) is 2. The van der Waals surface area contributed by atoms with Crippen LogP contribution in [0.3, 0.4) is 0 Å². The van der Waals surface area contributed by atoms with E-state index < -0.39 is 5.60 Å². The summed E-state index contributed by atoms with van der Waals surface area (Å²) in [6, 6.07) is 3.76. The molecular weight excluding hydrogens is 340 g/mol. The monoisotopic (exact) mass is 366 g/mol. The number of nitrogens with zero attached hydrogens (tertiary/aromatic N) is 2. The molecule has 0 saturated carbocycles. The molecule has 0 unspecified atom stereocenters. The molecule has 7 heteroatoms. The van der Waals surface area contributed by atoms with E-state index >= 15 is 0 Å². The summed E-state index contributed by atoms with van der Waals surface area (Å²) >= 11 is 4.47. The summed E-state index contributed by atoms with van der Waals surface area (Å²) in [5, 5.41) is 0. The molecule has 0 atom stereocenters. The predicted molar refractivity (Wildman–Crippen MR) is 99.8 cm³/mol. The van der Waals surface area contributed by atoms with Crippen molar-refractivity contribution in [3.63, 3.8) is 0 Å². The second-order valence-electron chi connectivity index (χ2n) is 7.08. The number of benzene rings is 1. The zero-order chi connectivity index (χ0) is 18.8. The summed E-state index contributed by atoms with van der Waals surface area (Å²) in [7, 11) is 1.37. The average Bonchev–Trinajstić information content (AvgIpc) is 2.55. The van der Waals surface area contributed by atoms with Crippen LogP contribution in [0.5, 0.6) is 0 Å². The zero-order valence-corrected chi connectivity index (χ0v) is 16.4. The molecule has 0 aliphatic carbocycles. The van der Waals surface area contributed by atoms with Gasteiger partial charge in [-0.3, -0.25) is 0 Å². The molecule has 1 aliphatic rings. The molecule has 0 radical (unpaired) electrons. The van der Waals surface area contributed by atoms with Crippen molar-refractivity contribution >= 4 is 30.4 Å². The van der Waals surface area contributed by atoms with E-state index in [2.05, 4.69) is 17.5 Å². The molecule has 1 heterocycles. The highest BCUT2D eigenvalue weighted by molar-refractivity contribution is 7.80. The number of methoxy groups -OCH3 is 1.